The Morgan fingerprint density at radius 3 is 2.37 bits per heavy atom. The molecule has 1 amide bonds. The Balaban J connectivity index is 1.65. The van der Waals surface area contributed by atoms with Gasteiger partial charge in [-0.15, -0.1) is 0 Å². The van der Waals surface area contributed by atoms with Gasteiger partial charge in [-0.25, -0.2) is 4.79 Å². The van der Waals surface area contributed by atoms with Crippen molar-refractivity contribution in [2.24, 2.45) is 5.92 Å². The number of benzene rings is 2. The smallest absolute Gasteiger partial charge is 0.349 e. The van der Waals surface area contributed by atoms with Crippen molar-refractivity contribution >= 4 is 29.3 Å². The van der Waals surface area contributed by atoms with Gasteiger partial charge >= 0.3 is 5.97 Å². The zero-order valence-corrected chi connectivity index (χ0v) is 23.8. The number of ether oxygens (including phenoxy) is 1. The number of cyclic esters (lactones) is 1. The van der Waals surface area contributed by atoms with E-state index in [0.29, 0.717) is 19.3 Å². The first-order valence-corrected chi connectivity index (χ1v) is 14.2. The summed E-state index contributed by atoms with van der Waals surface area (Å²) in [6.07, 6.45) is 5.78. The maximum absolute atomic E-state index is 13.5. The van der Waals surface area contributed by atoms with E-state index in [1.807, 2.05) is 31.2 Å². The van der Waals surface area contributed by atoms with Crippen molar-refractivity contribution in [1.82, 2.24) is 0 Å². The van der Waals surface area contributed by atoms with Crippen molar-refractivity contribution in [3.05, 3.63) is 63.8 Å². The Labute approximate surface area is 229 Å². The molecule has 6 nitrogen and oxygen atoms in total. The topological polar surface area (TPSA) is 95.9 Å². The van der Waals surface area contributed by atoms with E-state index >= 15 is 0 Å². The van der Waals surface area contributed by atoms with E-state index in [9.17, 15) is 19.8 Å². The normalized spacial score (nSPS) is 20.5. The molecule has 2 aromatic carbocycles. The van der Waals surface area contributed by atoms with Gasteiger partial charge in [0.25, 0.3) is 0 Å². The van der Waals surface area contributed by atoms with Crippen LogP contribution in [0.3, 0.4) is 0 Å². The zero-order valence-electron chi connectivity index (χ0n) is 23.0. The molecule has 2 aromatic rings. The van der Waals surface area contributed by atoms with Gasteiger partial charge in [-0.1, -0.05) is 57.5 Å². The molecule has 1 saturated carbocycles. The molecule has 4 rings (SSSR count). The molecule has 0 spiro atoms. The van der Waals surface area contributed by atoms with E-state index in [0.717, 1.165) is 53.0 Å². The van der Waals surface area contributed by atoms with Crippen molar-refractivity contribution in [2.75, 3.05) is 5.32 Å². The van der Waals surface area contributed by atoms with Gasteiger partial charge in [0.05, 0.1) is 0 Å². The average Bonchev–Trinajstić information content (AvgIpc) is 3.37. The van der Waals surface area contributed by atoms with E-state index in [4.69, 9.17) is 4.74 Å². The highest BCUT2D eigenvalue weighted by Gasteiger charge is 2.48. The number of aromatic hydroxyl groups is 1. The van der Waals surface area contributed by atoms with Gasteiger partial charge in [-0.2, -0.15) is 0 Å². The molecule has 0 aromatic heterocycles. The van der Waals surface area contributed by atoms with Crippen LogP contribution in [0.5, 0.6) is 5.75 Å². The number of aryl methyl sites for hydroxylation is 2. The number of nitrogens with one attached hydrogen (secondary N) is 1. The molecular formula is C31H39NO5S. The van der Waals surface area contributed by atoms with Crippen LogP contribution in [0, 0.1) is 12.8 Å². The molecule has 3 N–H and O–H groups in total. The zero-order chi connectivity index (χ0) is 27.7. The quantitative estimate of drug-likeness (QED) is 0.320. The summed E-state index contributed by atoms with van der Waals surface area (Å²) in [5, 5.41) is 23.9. The van der Waals surface area contributed by atoms with Gasteiger partial charge < -0.3 is 20.3 Å². The minimum atomic E-state index is -0.738. The van der Waals surface area contributed by atoms with Gasteiger partial charge in [-0.05, 0) is 84.9 Å². The van der Waals surface area contributed by atoms with Crippen LogP contribution < -0.4 is 5.32 Å². The van der Waals surface area contributed by atoms with Crippen molar-refractivity contribution < 1.29 is 24.5 Å². The Hall–Kier alpha value is -2.93. The fourth-order valence-corrected chi connectivity index (χ4v) is 6.92. The van der Waals surface area contributed by atoms with Crippen molar-refractivity contribution in [2.45, 2.75) is 95.5 Å². The van der Waals surface area contributed by atoms with E-state index in [2.05, 4.69) is 26.1 Å². The second kappa shape index (κ2) is 11.0. The lowest BCUT2D eigenvalue weighted by Gasteiger charge is -2.41. The number of carbonyl (C=O) groups excluding carboxylic acids is 2. The second-order valence-corrected chi connectivity index (χ2v) is 12.8. The van der Waals surface area contributed by atoms with E-state index in [1.165, 1.54) is 18.7 Å². The molecule has 38 heavy (non-hydrogen) atoms. The summed E-state index contributed by atoms with van der Waals surface area (Å²) in [5.74, 6) is -0.0885. The molecule has 1 atom stereocenters. The molecule has 7 heteroatoms. The predicted octanol–water partition coefficient (Wildman–Crippen LogP) is 7.33. The molecule has 2 aliphatic rings. The number of rotatable bonds is 7. The molecule has 204 valence electrons. The number of aliphatic hydroxyl groups is 1. The number of aliphatic hydroxyl groups excluding tert-OH is 1. The number of carbonyl (C=O) groups is 2. The Morgan fingerprint density at radius 2 is 1.79 bits per heavy atom. The Kier molecular flexibility index (Phi) is 8.17. The largest absolute Gasteiger partial charge is 0.511 e. The standard InChI is InChI=1S/C31H39NO5S/c1-19-16-27(24(30(3,4)5)17-25(19)32-20(2)33)38-28-26(35)18-31(37-29(28)36,22-8-6-7-9-22)15-14-21-10-12-23(34)13-11-21/h10-13,16-17,22,34-35H,6-9,14-15,18H2,1-5H3,(H,32,33). The summed E-state index contributed by atoms with van der Waals surface area (Å²) in [4.78, 5) is 26.4. The minimum absolute atomic E-state index is 0.0901. The highest BCUT2D eigenvalue weighted by molar-refractivity contribution is 8.04. The van der Waals surface area contributed by atoms with E-state index in [1.54, 1.807) is 12.1 Å². The summed E-state index contributed by atoms with van der Waals surface area (Å²) in [6.45, 7) is 9.66. The summed E-state index contributed by atoms with van der Waals surface area (Å²) in [6, 6.07) is 11.0. The van der Waals surface area contributed by atoms with Crippen LogP contribution in [-0.4, -0.2) is 27.7 Å². The fourth-order valence-electron chi connectivity index (χ4n) is 5.68. The lowest BCUT2D eigenvalue weighted by atomic mass is 9.77. The van der Waals surface area contributed by atoms with Gasteiger partial charge in [0, 0.05) is 23.9 Å². The molecule has 1 heterocycles. The van der Waals surface area contributed by atoms with E-state index in [-0.39, 0.29) is 33.7 Å². The van der Waals surface area contributed by atoms with Crippen LogP contribution in [0.25, 0.3) is 0 Å². The number of thioether (sulfide) groups is 1. The first kappa shape index (κ1) is 28.1. The lowest BCUT2D eigenvalue weighted by Crippen LogP contribution is -2.45. The summed E-state index contributed by atoms with van der Waals surface area (Å²) < 4.78 is 6.31. The molecule has 1 unspecified atom stereocenters. The van der Waals surface area contributed by atoms with Crippen LogP contribution in [0.4, 0.5) is 5.69 Å². The SMILES string of the molecule is CC(=O)Nc1cc(C(C)(C)C)c(SC2=C(O)CC(CCc3ccc(O)cc3)(C3CCCC3)OC2=O)cc1C. The summed E-state index contributed by atoms with van der Waals surface area (Å²) >= 11 is 1.25. The number of anilines is 1. The molecule has 0 bridgehead atoms. The third kappa shape index (κ3) is 6.20. The first-order valence-electron chi connectivity index (χ1n) is 13.4. The highest BCUT2D eigenvalue weighted by Crippen LogP contribution is 2.49. The third-order valence-electron chi connectivity index (χ3n) is 7.74. The van der Waals surface area contributed by atoms with Crippen molar-refractivity contribution in [1.29, 1.82) is 0 Å². The van der Waals surface area contributed by atoms with E-state index < -0.39 is 11.6 Å². The minimum Gasteiger partial charge on any atom is -0.511 e. The summed E-state index contributed by atoms with van der Waals surface area (Å²) in [7, 11) is 0. The number of amides is 1. The average molecular weight is 538 g/mol. The lowest BCUT2D eigenvalue weighted by molar-refractivity contribution is -0.166. The third-order valence-corrected chi connectivity index (χ3v) is 8.90. The maximum Gasteiger partial charge on any atom is 0.349 e. The number of phenolic OH excluding ortho intramolecular Hbond substituents is 1. The van der Waals surface area contributed by atoms with Crippen LogP contribution in [0.15, 0.2) is 52.0 Å². The first-order chi connectivity index (χ1) is 17.9. The number of hydrogen-bond donors (Lipinski definition) is 3. The molecule has 1 aliphatic heterocycles. The predicted molar refractivity (Wildman–Crippen MR) is 152 cm³/mol. The highest BCUT2D eigenvalue weighted by atomic mass is 32.2. The molecule has 1 aliphatic carbocycles. The van der Waals surface area contributed by atoms with Gasteiger partial charge in [0.1, 0.15) is 22.0 Å². The van der Waals surface area contributed by atoms with Crippen LogP contribution >= 0.6 is 11.8 Å². The molecular weight excluding hydrogens is 498 g/mol. The van der Waals surface area contributed by atoms with Crippen molar-refractivity contribution in [3.8, 4) is 5.75 Å². The monoisotopic (exact) mass is 537 g/mol. The van der Waals surface area contributed by atoms with Crippen LogP contribution in [-0.2, 0) is 26.2 Å². The van der Waals surface area contributed by atoms with Gasteiger partial charge in [-0.3, -0.25) is 4.79 Å². The number of phenols is 1. The van der Waals surface area contributed by atoms with Gasteiger partial charge in [0.15, 0.2) is 0 Å². The number of hydrogen-bond acceptors (Lipinski definition) is 6. The Bertz CT molecular complexity index is 1240. The Morgan fingerprint density at radius 1 is 1.13 bits per heavy atom. The molecule has 0 radical (unpaired) electrons. The van der Waals surface area contributed by atoms with Crippen molar-refractivity contribution in [3.63, 3.8) is 0 Å². The maximum atomic E-state index is 13.5. The fraction of sp³-hybridized carbons (Fsp3) is 0.484. The number of esters is 1. The van der Waals surface area contributed by atoms with Crippen LogP contribution in [0.2, 0.25) is 0 Å². The summed E-state index contributed by atoms with van der Waals surface area (Å²) in [5.41, 5.74) is 2.67. The molecule has 0 saturated heterocycles. The second-order valence-electron chi connectivity index (χ2n) is 11.8. The molecule has 1 fully saturated rings. The van der Waals surface area contributed by atoms with Gasteiger partial charge in [0.2, 0.25) is 5.91 Å². The van der Waals surface area contributed by atoms with Crippen LogP contribution in [0.1, 0.15) is 82.9 Å².